The number of carbonyl (C=O) groups is 1. The van der Waals surface area contributed by atoms with Gasteiger partial charge in [-0.25, -0.2) is 0 Å². The highest BCUT2D eigenvalue weighted by Crippen LogP contribution is 2.11. The summed E-state index contributed by atoms with van der Waals surface area (Å²) in [6.45, 7) is 2.30. The molecule has 2 rings (SSSR count). The fraction of sp³-hybridized carbons (Fsp3) is 0.214. The lowest BCUT2D eigenvalue weighted by atomic mass is 10.3. The molecule has 94 valence electrons. The van der Waals surface area contributed by atoms with Crippen LogP contribution in [0, 0.1) is 0 Å². The van der Waals surface area contributed by atoms with Crippen molar-refractivity contribution in [3.8, 4) is 5.75 Å². The number of ether oxygens (including phenoxy) is 1. The van der Waals surface area contributed by atoms with Crippen molar-refractivity contribution < 1.29 is 9.53 Å². The van der Waals surface area contributed by atoms with Gasteiger partial charge in [0.15, 0.2) is 6.10 Å². The quantitative estimate of drug-likeness (QED) is 0.898. The third-order valence-corrected chi connectivity index (χ3v) is 3.32. The van der Waals surface area contributed by atoms with E-state index in [1.165, 1.54) is 0 Å². The van der Waals surface area contributed by atoms with E-state index in [-0.39, 0.29) is 5.91 Å². The van der Waals surface area contributed by atoms with Crippen LogP contribution in [0.5, 0.6) is 5.75 Å². The van der Waals surface area contributed by atoms with E-state index in [0.29, 0.717) is 12.3 Å². The molecule has 0 saturated carbocycles. The predicted octanol–water partition coefficient (Wildman–Crippen LogP) is 2.83. The Hall–Kier alpha value is -1.81. The first-order valence-electron chi connectivity index (χ1n) is 5.77. The maximum absolute atomic E-state index is 11.8. The molecule has 1 amide bonds. The van der Waals surface area contributed by atoms with Crippen molar-refractivity contribution in [2.24, 2.45) is 0 Å². The first kappa shape index (κ1) is 12.6. The smallest absolute Gasteiger partial charge is 0.261 e. The van der Waals surface area contributed by atoms with Gasteiger partial charge in [-0.3, -0.25) is 4.79 Å². The van der Waals surface area contributed by atoms with Crippen molar-refractivity contribution in [1.29, 1.82) is 0 Å². The Morgan fingerprint density at radius 1 is 1.28 bits per heavy atom. The highest BCUT2D eigenvalue weighted by atomic mass is 32.1. The number of thiophene rings is 1. The number of hydrogen-bond donors (Lipinski definition) is 1. The Kier molecular flexibility index (Phi) is 4.36. The normalized spacial score (nSPS) is 11.8. The molecule has 1 aromatic carbocycles. The molecule has 1 heterocycles. The van der Waals surface area contributed by atoms with Gasteiger partial charge in [0, 0.05) is 4.88 Å². The molecule has 0 aliphatic carbocycles. The Morgan fingerprint density at radius 2 is 2.06 bits per heavy atom. The zero-order chi connectivity index (χ0) is 12.8. The highest BCUT2D eigenvalue weighted by Gasteiger charge is 2.13. The number of nitrogens with one attached hydrogen (secondary N) is 1. The van der Waals surface area contributed by atoms with Crippen LogP contribution in [0.2, 0.25) is 0 Å². The molecule has 0 spiro atoms. The van der Waals surface area contributed by atoms with Crippen LogP contribution >= 0.6 is 11.3 Å². The lowest BCUT2D eigenvalue weighted by Crippen LogP contribution is -2.35. The zero-order valence-electron chi connectivity index (χ0n) is 10.1. The molecule has 18 heavy (non-hydrogen) atoms. The maximum atomic E-state index is 11.8. The SMILES string of the molecule is C[C@@H](Oc1ccccc1)C(=O)NCc1cccs1. The van der Waals surface area contributed by atoms with Crippen LogP contribution in [0.25, 0.3) is 0 Å². The summed E-state index contributed by atoms with van der Waals surface area (Å²) in [6, 6.07) is 13.3. The molecule has 0 unspecified atom stereocenters. The van der Waals surface area contributed by atoms with Gasteiger partial charge in [-0.1, -0.05) is 24.3 Å². The number of para-hydroxylation sites is 1. The van der Waals surface area contributed by atoms with Gasteiger partial charge in [0.05, 0.1) is 6.54 Å². The van der Waals surface area contributed by atoms with Crippen LogP contribution in [0.1, 0.15) is 11.8 Å². The third kappa shape index (κ3) is 3.60. The average molecular weight is 261 g/mol. The second-order valence-corrected chi connectivity index (χ2v) is 4.90. The van der Waals surface area contributed by atoms with Crippen LogP contribution in [0.15, 0.2) is 47.8 Å². The Morgan fingerprint density at radius 3 is 2.72 bits per heavy atom. The molecule has 4 heteroatoms. The largest absolute Gasteiger partial charge is 0.481 e. The summed E-state index contributed by atoms with van der Waals surface area (Å²) < 4.78 is 5.54. The monoisotopic (exact) mass is 261 g/mol. The molecule has 0 radical (unpaired) electrons. The summed E-state index contributed by atoms with van der Waals surface area (Å²) in [4.78, 5) is 12.9. The molecule has 0 aliphatic rings. The summed E-state index contributed by atoms with van der Waals surface area (Å²) in [6.07, 6.45) is -0.493. The topological polar surface area (TPSA) is 38.3 Å². The van der Waals surface area contributed by atoms with E-state index in [0.717, 1.165) is 4.88 Å². The van der Waals surface area contributed by atoms with E-state index in [4.69, 9.17) is 4.74 Å². The van der Waals surface area contributed by atoms with E-state index in [1.807, 2.05) is 47.8 Å². The first-order valence-corrected chi connectivity index (χ1v) is 6.65. The van der Waals surface area contributed by atoms with Crippen molar-refractivity contribution in [3.05, 3.63) is 52.7 Å². The average Bonchev–Trinajstić information content (AvgIpc) is 2.90. The van der Waals surface area contributed by atoms with E-state index in [2.05, 4.69) is 5.32 Å². The van der Waals surface area contributed by atoms with Gasteiger partial charge in [-0.2, -0.15) is 0 Å². The Labute approximate surface area is 110 Å². The summed E-state index contributed by atoms with van der Waals surface area (Å²) in [5.74, 6) is 0.600. The number of benzene rings is 1. The minimum atomic E-state index is -0.493. The van der Waals surface area contributed by atoms with Gasteiger partial charge in [-0.15, -0.1) is 11.3 Å². The van der Waals surface area contributed by atoms with Gasteiger partial charge in [0.1, 0.15) is 5.75 Å². The second-order valence-electron chi connectivity index (χ2n) is 3.87. The number of amides is 1. The van der Waals surface area contributed by atoms with Crippen LogP contribution in [0.3, 0.4) is 0 Å². The molecule has 3 nitrogen and oxygen atoms in total. The van der Waals surface area contributed by atoms with E-state index in [9.17, 15) is 4.79 Å². The van der Waals surface area contributed by atoms with Crippen LogP contribution in [-0.2, 0) is 11.3 Å². The summed E-state index contributed by atoms with van der Waals surface area (Å²) in [5.41, 5.74) is 0. The molecule has 0 fully saturated rings. The molecule has 0 saturated heterocycles. The minimum absolute atomic E-state index is 0.104. The van der Waals surface area contributed by atoms with Gasteiger partial charge in [-0.05, 0) is 30.5 Å². The van der Waals surface area contributed by atoms with Crippen molar-refractivity contribution in [3.63, 3.8) is 0 Å². The molecule has 0 bridgehead atoms. The molecule has 1 atom stereocenters. The first-order chi connectivity index (χ1) is 8.75. The molecule has 1 aromatic heterocycles. The molecular formula is C14H15NO2S. The van der Waals surface area contributed by atoms with E-state index in [1.54, 1.807) is 18.3 Å². The minimum Gasteiger partial charge on any atom is -0.481 e. The maximum Gasteiger partial charge on any atom is 0.261 e. The molecule has 1 N–H and O–H groups in total. The number of rotatable bonds is 5. The lowest BCUT2D eigenvalue weighted by molar-refractivity contribution is -0.127. The second kappa shape index (κ2) is 6.21. The molecular weight excluding hydrogens is 246 g/mol. The van der Waals surface area contributed by atoms with E-state index >= 15 is 0 Å². The van der Waals surface area contributed by atoms with Gasteiger partial charge < -0.3 is 10.1 Å². The fourth-order valence-corrected chi connectivity index (χ4v) is 2.13. The van der Waals surface area contributed by atoms with Crippen molar-refractivity contribution in [2.75, 3.05) is 0 Å². The standard InChI is InChI=1S/C14H15NO2S/c1-11(17-12-6-3-2-4-7-12)14(16)15-10-13-8-5-9-18-13/h2-9,11H,10H2,1H3,(H,15,16)/t11-/m1/s1. The Balaban J connectivity index is 1.82. The van der Waals surface area contributed by atoms with Crippen LogP contribution in [0.4, 0.5) is 0 Å². The molecule has 0 aliphatic heterocycles. The highest BCUT2D eigenvalue weighted by molar-refractivity contribution is 7.09. The zero-order valence-corrected chi connectivity index (χ0v) is 10.9. The number of hydrogen-bond acceptors (Lipinski definition) is 3. The van der Waals surface area contributed by atoms with Crippen LogP contribution < -0.4 is 10.1 Å². The summed E-state index contributed by atoms with van der Waals surface area (Å²) in [5, 5.41) is 4.84. The van der Waals surface area contributed by atoms with Crippen molar-refractivity contribution in [2.45, 2.75) is 19.6 Å². The third-order valence-electron chi connectivity index (χ3n) is 2.44. The van der Waals surface area contributed by atoms with Gasteiger partial charge >= 0.3 is 0 Å². The lowest BCUT2D eigenvalue weighted by Gasteiger charge is -2.14. The molecule has 2 aromatic rings. The summed E-state index contributed by atoms with van der Waals surface area (Å²) in [7, 11) is 0. The van der Waals surface area contributed by atoms with Crippen molar-refractivity contribution in [1.82, 2.24) is 5.32 Å². The fourth-order valence-electron chi connectivity index (χ4n) is 1.49. The number of carbonyl (C=O) groups excluding carboxylic acids is 1. The van der Waals surface area contributed by atoms with E-state index < -0.39 is 6.10 Å². The summed E-state index contributed by atoms with van der Waals surface area (Å²) >= 11 is 1.63. The van der Waals surface area contributed by atoms with Crippen LogP contribution in [-0.4, -0.2) is 12.0 Å². The predicted molar refractivity (Wildman–Crippen MR) is 72.7 cm³/mol. The van der Waals surface area contributed by atoms with Gasteiger partial charge in [0.25, 0.3) is 5.91 Å². The van der Waals surface area contributed by atoms with Gasteiger partial charge in [0.2, 0.25) is 0 Å². The Bertz CT molecular complexity index is 482. The van der Waals surface area contributed by atoms with Crippen molar-refractivity contribution >= 4 is 17.2 Å².